The van der Waals surface area contributed by atoms with Gasteiger partial charge in [-0.1, -0.05) is 184 Å². The summed E-state index contributed by atoms with van der Waals surface area (Å²) in [6.07, 6.45) is 0. The van der Waals surface area contributed by atoms with Crippen LogP contribution >= 0.6 is 0 Å². The number of para-hydroxylation sites is 1. The van der Waals surface area contributed by atoms with E-state index in [1.54, 1.807) is 0 Å². The first-order valence-corrected chi connectivity index (χ1v) is 18.8. The molecular weight excluding hydrogens is 651 g/mol. The van der Waals surface area contributed by atoms with Gasteiger partial charge in [-0.2, -0.15) is 0 Å². The maximum absolute atomic E-state index is 2.43. The fourth-order valence-corrected chi connectivity index (χ4v) is 8.74. The Labute approximate surface area is 317 Å². The lowest BCUT2D eigenvalue weighted by Crippen LogP contribution is -2.14. The van der Waals surface area contributed by atoms with E-state index in [1.165, 1.54) is 77.2 Å². The molecule has 1 aliphatic rings. The standard InChI is InChI=1S/C53H39N/c1-53(2)49-22-9-7-19-48(49)52-47(21-12-23-50(52)53)46-18-8-10-24-51(46)54(43-34-31-36-13-3-4-15-41(36)35-43)42-32-29-38(30-33-42)37-25-27-40(28-26-37)45-20-11-16-39-14-5-6-17-44(39)45/h3-35H,1-2H3. The predicted molar refractivity (Wildman–Crippen MR) is 230 cm³/mol. The van der Waals surface area contributed by atoms with E-state index in [2.05, 4.69) is 219 Å². The van der Waals surface area contributed by atoms with Crippen molar-refractivity contribution in [3.63, 3.8) is 0 Å². The Morgan fingerprint density at radius 1 is 0.352 bits per heavy atom. The molecule has 1 nitrogen and oxygen atoms in total. The first kappa shape index (κ1) is 32.0. The number of nitrogens with zero attached hydrogens (tertiary/aromatic N) is 1. The fourth-order valence-electron chi connectivity index (χ4n) is 8.74. The summed E-state index contributed by atoms with van der Waals surface area (Å²) in [5.74, 6) is 0. The molecule has 0 saturated carbocycles. The van der Waals surface area contributed by atoms with Crippen LogP contribution in [0.5, 0.6) is 0 Å². The lowest BCUT2D eigenvalue weighted by atomic mass is 9.82. The molecule has 0 aliphatic heterocycles. The third kappa shape index (κ3) is 5.24. The predicted octanol–water partition coefficient (Wildman–Crippen LogP) is 14.8. The van der Waals surface area contributed by atoms with Crippen molar-refractivity contribution in [2.45, 2.75) is 19.3 Å². The molecule has 9 aromatic carbocycles. The van der Waals surface area contributed by atoms with Crippen LogP contribution in [0.1, 0.15) is 25.0 Å². The smallest absolute Gasteiger partial charge is 0.0540 e. The Hall–Kier alpha value is -6.70. The van der Waals surface area contributed by atoms with Crippen molar-refractivity contribution in [2.75, 3.05) is 4.90 Å². The van der Waals surface area contributed by atoms with Gasteiger partial charge in [-0.3, -0.25) is 0 Å². The Morgan fingerprint density at radius 2 is 0.889 bits per heavy atom. The van der Waals surface area contributed by atoms with Crippen LogP contribution in [0.4, 0.5) is 17.1 Å². The zero-order chi connectivity index (χ0) is 36.2. The second-order valence-corrected chi connectivity index (χ2v) is 14.9. The molecule has 1 aliphatic carbocycles. The van der Waals surface area contributed by atoms with Crippen LogP contribution in [0.15, 0.2) is 200 Å². The first-order chi connectivity index (χ1) is 26.5. The molecule has 0 heterocycles. The summed E-state index contributed by atoms with van der Waals surface area (Å²) in [5.41, 5.74) is 16.1. The zero-order valence-electron chi connectivity index (χ0n) is 30.5. The van der Waals surface area contributed by atoms with Gasteiger partial charge in [0, 0.05) is 22.4 Å². The summed E-state index contributed by atoms with van der Waals surface area (Å²) in [6, 6.07) is 73.4. The number of hydrogen-bond donors (Lipinski definition) is 0. The molecule has 0 fully saturated rings. The van der Waals surface area contributed by atoms with Crippen molar-refractivity contribution in [3.05, 3.63) is 211 Å². The van der Waals surface area contributed by atoms with Gasteiger partial charge in [0.1, 0.15) is 0 Å². The van der Waals surface area contributed by atoms with Crippen molar-refractivity contribution in [3.8, 4) is 44.5 Å². The molecule has 1 heteroatoms. The van der Waals surface area contributed by atoms with Crippen molar-refractivity contribution < 1.29 is 0 Å². The molecule has 9 aromatic rings. The molecular formula is C53H39N. The number of benzene rings is 9. The Balaban J connectivity index is 1.09. The third-order valence-corrected chi connectivity index (χ3v) is 11.5. The van der Waals surface area contributed by atoms with Gasteiger partial charge in [0.05, 0.1) is 5.69 Å². The Kier molecular flexibility index (Phi) is 7.56. The van der Waals surface area contributed by atoms with Crippen LogP contribution in [0, 0.1) is 0 Å². The normalized spacial score (nSPS) is 12.8. The van der Waals surface area contributed by atoms with Crippen molar-refractivity contribution in [1.82, 2.24) is 0 Å². The van der Waals surface area contributed by atoms with E-state index in [0.717, 1.165) is 17.1 Å². The van der Waals surface area contributed by atoms with E-state index >= 15 is 0 Å². The highest BCUT2D eigenvalue weighted by atomic mass is 15.1. The maximum Gasteiger partial charge on any atom is 0.0540 e. The SMILES string of the molecule is CC1(C)c2ccccc2-c2c(-c3ccccc3N(c3ccc(-c4ccc(-c5cccc6ccccc56)cc4)cc3)c3ccc4ccccc4c3)cccc21. The highest BCUT2D eigenvalue weighted by molar-refractivity contribution is 6.00. The Bertz CT molecular complexity index is 2840. The van der Waals surface area contributed by atoms with Gasteiger partial charge >= 0.3 is 0 Å². The fraction of sp³-hybridized carbons (Fsp3) is 0.0566. The molecule has 0 bridgehead atoms. The van der Waals surface area contributed by atoms with Crippen LogP contribution in [-0.2, 0) is 5.41 Å². The minimum Gasteiger partial charge on any atom is -0.310 e. The van der Waals surface area contributed by atoms with E-state index in [1.807, 2.05) is 0 Å². The second-order valence-electron chi connectivity index (χ2n) is 14.9. The van der Waals surface area contributed by atoms with Gasteiger partial charge in [0.25, 0.3) is 0 Å². The summed E-state index contributed by atoms with van der Waals surface area (Å²) in [5, 5.41) is 4.99. The van der Waals surface area contributed by atoms with E-state index in [0.29, 0.717) is 0 Å². The molecule has 0 N–H and O–H groups in total. The molecule has 10 rings (SSSR count). The minimum atomic E-state index is -0.0716. The van der Waals surface area contributed by atoms with Gasteiger partial charge < -0.3 is 4.90 Å². The summed E-state index contributed by atoms with van der Waals surface area (Å²) in [7, 11) is 0. The van der Waals surface area contributed by atoms with Gasteiger partial charge in [-0.05, 0) is 102 Å². The van der Waals surface area contributed by atoms with Crippen LogP contribution in [-0.4, -0.2) is 0 Å². The van der Waals surface area contributed by atoms with Gasteiger partial charge in [-0.25, -0.2) is 0 Å². The molecule has 0 spiro atoms. The largest absolute Gasteiger partial charge is 0.310 e. The van der Waals surface area contributed by atoms with Crippen molar-refractivity contribution in [2.24, 2.45) is 0 Å². The average Bonchev–Trinajstić information content (AvgIpc) is 3.47. The second kappa shape index (κ2) is 12.8. The zero-order valence-corrected chi connectivity index (χ0v) is 30.5. The first-order valence-electron chi connectivity index (χ1n) is 18.8. The number of rotatable bonds is 6. The summed E-state index contributed by atoms with van der Waals surface area (Å²) < 4.78 is 0. The highest BCUT2D eigenvalue weighted by Crippen LogP contribution is 2.53. The lowest BCUT2D eigenvalue weighted by molar-refractivity contribution is 0.660. The van der Waals surface area contributed by atoms with E-state index < -0.39 is 0 Å². The molecule has 54 heavy (non-hydrogen) atoms. The quantitative estimate of drug-likeness (QED) is 0.168. The van der Waals surface area contributed by atoms with Crippen LogP contribution in [0.25, 0.3) is 66.1 Å². The summed E-state index contributed by atoms with van der Waals surface area (Å²) in [4.78, 5) is 2.43. The average molecular weight is 690 g/mol. The number of fused-ring (bicyclic) bond motifs is 5. The van der Waals surface area contributed by atoms with E-state index in [4.69, 9.17) is 0 Å². The van der Waals surface area contributed by atoms with Crippen LogP contribution in [0.3, 0.4) is 0 Å². The maximum atomic E-state index is 2.43. The topological polar surface area (TPSA) is 3.24 Å². The molecule has 0 atom stereocenters. The van der Waals surface area contributed by atoms with Gasteiger partial charge in [-0.15, -0.1) is 0 Å². The summed E-state index contributed by atoms with van der Waals surface area (Å²) >= 11 is 0. The highest BCUT2D eigenvalue weighted by Gasteiger charge is 2.37. The van der Waals surface area contributed by atoms with Crippen LogP contribution < -0.4 is 4.90 Å². The van der Waals surface area contributed by atoms with Crippen molar-refractivity contribution >= 4 is 38.6 Å². The van der Waals surface area contributed by atoms with Gasteiger partial charge in [0.15, 0.2) is 0 Å². The molecule has 0 amide bonds. The number of anilines is 3. The number of hydrogen-bond acceptors (Lipinski definition) is 1. The molecule has 0 radical (unpaired) electrons. The van der Waals surface area contributed by atoms with Gasteiger partial charge in [0.2, 0.25) is 0 Å². The molecule has 0 aromatic heterocycles. The lowest BCUT2D eigenvalue weighted by Gasteiger charge is -2.29. The molecule has 256 valence electrons. The Morgan fingerprint density at radius 3 is 1.70 bits per heavy atom. The monoisotopic (exact) mass is 689 g/mol. The van der Waals surface area contributed by atoms with Crippen molar-refractivity contribution in [1.29, 1.82) is 0 Å². The van der Waals surface area contributed by atoms with E-state index in [-0.39, 0.29) is 5.41 Å². The van der Waals surface area contributed by atoms with Crippen LogP contribution in [0.2, 0.25) is 0 Å². The molecule has 0 saturated heterocycles. The third-order valence-electron chi connectivity index (χ3n) is 11.5. The van der Waals surface area contributed by atoms with E-state index in [9.17, 15) is 0 Å². The minimum absolute atomic E-state index is 0.0716. The summed E-state index contributed by atoms with van der Waals surface area (Å²) in [6.45, 7) is 4.71. The molecule has 0 unspecified atom stereocenters.